The van der Waals surface area contributed by atoms with Crippen LogP contribution in [0.1, 0.15) is 16.8 Å². The second-order valence-electron chi connectivity index (χ2n) is 4.77. The summed E-state index contributed by atoms with van der Waals surface area (Å²) in [6.45, 7) is 0.00411. The molecular weight excluding hydrogens is 278 g/mol. The number of hydrogen-bond acceptors (Lipinski definition) is 5. The number of aliphatic carboxylic acids is 1. The fraction of sp³-hybridized carbons (Fsp3) is 0.429. The maximum Gasteiger partial charge on any atom is 0.326 e. The number of likely N-dealkylation sites (tertiary alicyclic amines) is 1. The number of benzene rings is 1. The Morgan fingerprint density at radius 3 is 2.48 bits per heavy atom. The van der Waals surface area contributed by atoms with Gasteiger partial charge in [-0.3, -0.25) is 4.79 Å². The Morgan fingerprint density at radius 1 is 1.24 bits per heavy atom. The van der Waals surface area contributed by atoms with Gasteiger partial charge in [-0.25, -0.2) is 4.79 Å². The van der Waals surface area contributed by atoms with Crippen molar-refractivity contribution in [2.45, 2.75) is 18.6 Å². The molecule has 1 heterocycles. The van der Waals surface area contributed by atoms with Crippen molar-refractivity contribution in [2.75, 3.05) is 20.8 Å². The number of amides is 1. The van der Waals surface area contributed by atoms with Crippen LogP contribution in [-0.4, -0.2) is 59.9 Å². The molecule has 1 amide bonds. The van der Waals surface area contributed by atoms with E-state index in [1.807, 2.05) is 0 Å². The zero-order chi connectivity index (χ0) is 15.6. The van der Waals surface area contributed by atoms with Crippen LogP contribution < -0.4 is 9.47 Å². The van der Waals surface area contributed by atoms with Gasteiger partial charge in [0.1, 0.15) is 6.04 Å². The van der Waals surface area contributed by atoms with Gasteiger partial charge in [0.2, 0.25) is 0 Å². The summed E-state index contributed by atoms with van der Waals surface area (Å²) < 4.78 is 10.2. The lowest BCUT2D eigenvalue weighted by atomic mass is 10.1. The molecule has 114 valence electrons. The fourth-order valence-corrected chi connectivity index (χ4v) is 2.41. The van der Waals surface area contributed by atoms with Gasteiger partial charge in [0, 0.05) is 18.5 Å². The smallest absolute Gasteiger partial charge is 0.326 e. The molecule has 0 aliphatic carbocycles. The molecule has 0 saturated carbocycles. The molecule has 2 N–H and O–H groups in total. The standard InChI is InChI=1S/C14H17NO6/c1-20-11-4-3-8(5-12(11)21-2)13(17)15-7-9(16)6-10(15)14(18)19/h3-5,9-10,16H,6-7H2,1-2H3,(H,18,19)/t9?,10-/m0/s1. The summed E-state index contributed by atoms with van der Waals surface area (Å²) >= 11 is 0. The Labute approximate surface area is 121 Å². The number of nitrogens with zero attached hydrogens (tertiary/aromatic N) is 1. The minimum atomic E-state index is -1.12. The largest absolute Gasteiger partial charge is 0.493 e. The van der Waals surface area contributed by atoms with Crippen molar-refractivity contribution in [3.63, 3.8) is 0 Å². The molecule has 7 nitrogen and oxygen atoms in total. The SMILES string of the molecule is COc1ccc(C(=O)N2CC(O)C[C@H]2C(=O)O)cc1OC. The topological polar surface area (TPSA) is 96.3 Å². The van der Waals surface area contributed by atoms with E-state index in [0.717, 1.165) is 4.90 Å². The van der Waals surface area contributed by atoms with Crippen LogP contribution in [0.4, 0.5) is 0 Å². The summed E-state index contributed by atoms with van der Waals surface area (Å²) in [5.74, 6) is -0.722. The van der Waals surface area contributed by atoms with Crippen molar-refractivity contribution in [3.8, 4) is 11.5 Å². The van der Waals surface area contributed by atoms with Crippen LogP contribution in [-0.2, 0) is 4.79 Å². The molecule has 2 rings (SSSR count). The van der Waals surface area contributed by atoms with E-state index >= 15 is 0 Å². The number of carbonyl (C=O) groups excluding carboxylic acids is 1. The first-order chi connectivity index (χ1) is 9.97. The normalized spacial score (nSPS) is 21.2. The van der Waals surface area contributed by atoms with E-state index in [1.165, 1.54) is 26.4 Å². The molecule has 0 aromatic heterocycles. The summed E-state index contributed by atoms with van der Waals surface area (Å²) in [6.07, 6.45) is -0.788. The number of aliphatic hydroxyl groups excluding tert-OH is 1. The zero-order valence-electron chi connectivity index (χ0n) is 11.8. The molecule has 1 aromatic rings. The fourth-order valence-electron chi connectivity index (χ4n) is 2.41. The number of carboxylic acid groups (broad SMARTS) is 1. The first-order valence-electron chi connectivity index (χ1n) is 6.41. The van der Waals surface area contributed by atoms with Gasteiger partial charge in [-0.05, 0) is 18.2 Å². The minimum absolute atomic E-state index is 0.00411. The molecule has 1 aliphatic rings. The highest BCUT2D eigenvalue weighted by molar-refractivity contribution is 5.97. The van der Waals surface area contributed by atoms with Gasteiger partial charge < -0.3 is 24.6 Å². The van der Waals surface area contributed by atoms with Crippen LogP contribution in [0.2, 0.25) is 0 Å². The van der Waals surface area contributed by atoms with Crippen LogP contribution in [0.15, 0.2) is 18.2 Å². The van der Waals surface area contributed by atoms with Gasteiger partial charge in [0.25, 0.3) is 5.91 Å². The van der Waals surface area contributed by atoms with E-state index in [4.69, 9.17) is 14.6 Å². The van der Waals surface area contributed by atoms with E-state index < -0.39 is 24.0 Å². The average Bonchev–Trinajstić information content (AvgIpc) is 2.88. The predicted molar refractivity (Wildman–Crippen MR) is 72.6 cm³/mol. The molecule has 0 bridgehead atoms. The summed E-state index contributed by atoms with van der Waals surface area (Å²) in [6, 6.07) is 3.59. The number of ether oxygens (including phenoxy) is 2. The molecule has 7 heteroatoms. The van der Waals surface area contributed by atoms with Crippen molar-refractivity contribution in [1.29, 1.82) is 0 Å². The molecule has 1 unspecified atom stereocenters. The Bertz CT molecular complexity index is 558. The molecule has 21 heavy (non-hydrogen) atoms. The van der Waals surface area contributed by atoms with Gasteiger partial charge in [0.05, 0.1) is 20.3 Å². The minimum Gasteiger partial charge on any atom is -0.493 e. The highest BCUT2D eigenvalue weighted by Crippen LogP contribution is 2.29. The second kappa shape index (κ2) is 6.01. The molecule has 0 spiro atoms. The van der Waals surface area contributed by atoms with Gasteiger partial charge in [-0.1, -0.05) is 0 Å². The first-order valence-corrected chi connectivity index (χ1v) is 6.41. The molecule has 1 aliphatic heterocycles. The monoisotopic (exact) mass is 295 g/mol. The van der Waals surface area contributed by atoms with E-state index in [1.54, 1.807) is 6.07 Å². The molecule has 1 fully saturated rings. The Morgan fingerprint density at radius 2 is 1.90 bits per heavy atom. The maximum atomic E-state index is 12.4. The van der Waals surface area contributed by atoms with Crippen LogP contribution >= 0.6 is 0 Å². The number of carboxylic acids is 1. The van der Waals surface area contributed by atoms with Gasteiger partial charge in [-0.2, -0.15) is 0 Å². The zero-order valence-corrected chi connectivity index (χ0v) is 11.8. The van der Waals surface area contributed by atoms with Gasteiger partial charge >= 0.3 is 5.97 Å². The van der Waals surface area contributed by atoms with Crippen LogP contribution in [0.5, 0.6) is 11.5 Å². The van der Waals surface area contributed by atoms with Gasteiger partial charge in [0.15, 0.2) is 11.5 Å². The summed E-state index contributed by atoms with van der Waals surface area (Å²) in [5, 5.41) is 18.7. The second-order valence-corrected chi connectivity index (χ2v) is 4.77. The lowest BCUT2D eigenvalue weighted by molar-refractivity contribution is -0.141. The number of carbonyl (C=O) groups is 2. The molecular formula is C14H17NO6. The van der Waals surface area contributed by atoms with Crippen LogP contribution in [0, 0.1) is 0 Å². The van der Waals surface area contributed by atoms with Gasteiger partial charge in [-0.15, -0.1) is 0 Å². The Kier molecular flexibility index (Phi) is 4.32. The maximum absolute atomic E-state index is 12.4. The van der Waals surface area contributed by atoms with Crippen molar-refractivity contribution >= 4 is 11.9 Å². The molecule has 1 aromatic carbocycles. The summed E-state index contributed by atoms with van der Waals surface area (Å²) in [5.41, 5.74) is 0.285. The van der Waals surface area contributed by atoms with E-state index in [0.29, 0.717) is 11.5 Å². The number of methoxy groups -OCH3 is 2. The molecule has 1 saturated heterocycles. The third kappa shape index (κ3) is 2.92. The highest BCUT2D eigenvalue weighted by atomic mass is 16.5. The third-order valence-electron chi connectivity index (χ3n) is 3.46. The first kappa shape index (κ1) is 15.1. The lowest BCUT2D eigenvalue weighted by Gasteiger charge is -2.21. The van der Waals surface area contributed by atoms with E-state index in [2.05, 4.69) is 0 Å². The average molecular weight is 295 g/mol. The molecule has 2 atom stereocenters. The Balaban J connectivity index is 2.29. The van der Waals surface area contributed by atoms with Crippen LogP contribution in [0.3, 0.4) is 0 Å². The number of hydrogen-bond donors (Lipinski definition) is 2. The van der Waals surface area contributed by atoms with Crippen molar-refractivity contribution in [1.82, 2.24) is 4.90 Å². The number of β-amino-alcohol motifs (C(OH)–C–C–N with tert-alkyl or cyclic N) is 1. The van der Waals surface area contributed by atoms with Crippen molar-refractivity contribution < 1.29 is 29.3 Å². The predicted octanol–water partition coefficient (Wildman–Crippen LogP) is 0.364. The van der Waals surface area contributed by atoms with Crippen molar-refractivity contribution in [3.05, 3.63) is 23.8 Å². The molecule has 0 radical (unpaired) electrons. The van der Waals surface area contributed by atoms with Crippen LogP contribution in [0.25, 0.3) is 0 Å². The Hall–Kier alpha value is -2.28. The third-order valence-corrected chi connectivity index (χ3v) is 3.46. The lowest BCUT2D eigenvalue weighted by Crippen LogP contribution is -2.40. The quantitative estimate of drug-likeness (QED) is 0.833. The summed E-state index contributed by atoms with van der Waals surface area (Å²) in [4.78, 5) is 24.8. The number of rotatable bonds is 4. The number of aliphatic hydroxyl groups is 1. The van der Waals surface area contributed by atoms with E-state index in [-0.39, 0.29) is 18.5 Å². The van der Waals surface area contributed by atoms with Crippen molar-refractivity contribution in [2.24, 2.45) is 0 Å². The highest BCUT2D eigenvalue weighted by Gasteiger charge is 2.39. The van der Waals surface area contributed by atoms with E-state index in [9.17, 15) is 14.7 Å². The summed E-state index contributed by atoms with van der Waals surface area (Å²) in [7, 11) is 2.93.